The molecule has 2 aliphatic heterocycles. The fraction of sp³-hybridized carbons (Fsp3) is 0.714. The molecule has 2 rings (SSSR count). The van der Waals surface area contributed by atoms with Crippen LogP contribution in [0.15, 0.2) is 10.2 Å². The standard InChI is InChI=1S/C14H20N4O2/c1-3-4-8-14(16-17-14)9-7-12(19)15-11-5-6-13(20)18(2)10-11/h1,11H,4-10H2,2H3,(H,15,19). The molecule has 6 heteroatoms. The third kappa shape index (κ3) is 3.80. The predicted molar refractivity (Wildman–Crippen MR) is 73.7 cm³/mol. The van der Waals surface area contributed by atoms with Crippen LogP contribution in [0.25, 0.3) is 0 Å². The van der Waals surface area contributed by atoms with Gasteiger partial charge in [0.25, 0.3) is 0 Å². The lowest BCUT2D eigenvalue weighted by Crippen LogP contribution is -2.48. The van der Waals surface area contributed by atoms with E-state index in [0.29, 0.717) is 38.6 Å². The summed E-state index contributed by atoms with van der Waals surface area (Å²) in [5, 5.41) is 11.0. The highest BCUT2D eigenvalue weighted by Crippen LogP contribution is 2.37. The first-order valence-corrected chi connectivity index (χ1v) is 6.95. The fourth-order valence-electron chi connectivity index (χ4n) is 2.41. The molecular formula is C14H20N4O2. The second-order valence-electron chi connectivity index (χ2n) is 5.46. The minimum Gasteiger partial charge on any atom is -0.352 e. The van der Waals surface area contributed by atoms with E-state index < -0.39 is 5.66 Å². The molecular weight excluding hydrogens is 256 g/mol. The van der Waals surface area contributed by atoms with Crippen molar-refractivity contribution >= 4 is 11.8 Å². The Bertz CT molecular complexity index is 460. The van der Waals surface area contributed by atoms with Gasteiger partial charge in [0.1, 0.15) is 0 Å². The number of piperidine rings is 1. The van der Waals surface area contributed by atoms with Crippen molar-refractivity contribution in [2.75, 3.05) is 13.6 Å². The summed E-state index contributed by atoms with van der Waals surface area (Å²) in [5.41, 5.74) is -0.400. The number of carbonyl (C=O) groups excluding carboxylic acids is 2. The molecule has 1 unspecified atom stereocenters. The Balaban J connectivity index is 1.68. The summed E-state index contributed by atoms with van der Waals surface area (Å²) in [6.07, 6.45) is 8.79. The summed E-state index contributed by atoms with van der Waals surface area (Å²) < 4.78 is 0. The van der Waals surface area contributed by atoms with Crippen LogP contribution in [0, 0.1) is 12.3 Å². The molecule has 1 fully saturated rings. The number of likely N-dealkylation sites (tertiary alicyclic amines) is 1. The number of amides is 2. The Labute approximate surface area is 119 Å². The first-order chi connectivity index (χ1) is 9.54. The SMILES string of the molecule is C#CCCC1(CCC(=O)NC2CCC(=O)N(C)C2)N=N1. The second-order valence-corrected chi connectivity index (χ2v) is 5.46. The van der Waals surface area contributed by atoms with E-state index in [1.165, 1.54) is 0 Å². The highest BCUT2D eigenvalue weighted by atomic mass is 16.2. The minimum atomic E-state index is -0.400. The lowest BCUT2D eigenvalue weighted by Gasteiger charge is -2.30. The van der Waals surface area contributed by atoms with E-state index in [4.69, 9.17) is 6.42 Å². The lowest BCUT2D eigenvalue weighted by atomic mass is 10.0. The van der Waals surface area contributed by atoms with E-state index in [1.807, 2.05) is 0 Å². The highest BCUT2D eigenvalue weighted by molar-refractivity contribution is 5.79. The molecule has 0 radical (unpaired) electrons. The average molecular weight is 276 g/mol. The van der Waals surface area contributed by atoms with Crippen molar-refractivity contribution in [3.63, 3.8) is 0 Å². The first kappa shape index (κ1) is 14.5. The molecule has 108 valence electrons. The second kappa shape index (κ2) is 6.04. The van der Waals surface area contributed by atoms with Crippen molar-refractivity contribution < 1.29 is 9.59 Å². The van der Waals surface area contributed by atoms with Gasteiger partial charge in [-0.15, -0.1) is 12.3 Å². The van der Waals surface area contributed by atoms with E-state index in [2.05, 4.69) is 21.5 Å². The molecule has 2 aliphatic rings. The van der Waals surface area contributed by atoms with Gasteiger partial charge in [-0.1, -0.05) is 0 Å². The van der Waals surface area contributed by atoms with Crippen LogP contribution in [0.3, 0.4) is 0 Å². The maximum atomic E-state index is 11.9. The molecule has 0 aliphatic carbocycles. The topological polar surface area (TPSA) is 74.1 Å². The van der Waals surface area contributed by atoms with Crippen LogP contribution in [-0.2, 0) is 9.59 Å². The fourth-order valence-corrected chi connectivity index (χ4v) is 2.41. The zero-order valence-electron chi connectivity index (χ0n) is 11.8. The number of nitrogens with one attached hydrogen (secondary N) is 1. The van der Waals surface area contributed by atoms with E-state index in [1.54, 1.807) is 11.9 Å². The average Bonchev–Trinajstić information content (AvgIpc) is 3.19. The van der Waals surface area contributed by atoms with Gasteiger partial charge in [0.15, 0.2) is 5.66 Å². The van der Waals surface area contributed by atoms with Crippen molar-refractivity contribution in [1.29, 1.82) is 0 Å². The molecule has 1 atom stereocenters. The number of rotatable bonds is 6. The molecule has 2 amide bonds. The van der Waals surface area contributed by atoms with Crippen molar-refractivity contribution in [2.24, 2.45) is 10.2 Å². The molecule has 20 heavy (non-hydrogen) atoms. The minimum absolute atomic E-state index is 0.00451. The van der Waals surface area contributed by atoms with Crippen LogP contribution in [0.1, 0.15) is 38.5 Å². The van der Waals surface area contributed by atoms with Gasteiger partial charge < -0.3 is 10.2 Å². The van der Waals surface area contributed by atoms with Gasteiger partial charge >= 0.3 is 0 Å². The van der Waals surface area contributed by atoms with E-state index >= 15 is 0 Å². The van der Waals surface area contributed by atoms with Gasteiger partial charge in [-0.3, -0.25) is 9.59 Å². The smallest absolute Gasteiger partial charge is 0.222 e. The Morgan fingerprint density at radius 2 is 2.30 bits per heavy atom. The van der Waals surface area contributed by atoms with Crippen molar-refractivity contribution in [1.82, 2.24) is 10.2 Å². The monoisotopic (exact) mass is 276 g/mol. The zero-order chi connectivity index (χ0) is 14.6. The van der Waals surface area contributed by atoms with E-state index in [-0.39, 0.29) is 17.9 Å². The molecule has 0 saturated carbocycles. The summed E-state index contributed by atoms with van der Waals surface area (Å²) in [6.45, 7) is 0.585. The van der Waals surface area contributed by atoms with Gasteiger partial charge in [-0.2, -0.15) is 10.2 Å². The molecule has 6 nitrogen and oxygen atoms in total. The quantitative estimate of drug-likeness (QED) is 0.737. The molecule has 0 spiro atoms. The molecule has 0 aromatic heterocycles. The van der Waals surface area contributed by atoms with Crippen LogP contribution >= 0.6 is 0 Å². The molecule has 0 aromatic rings. The number of nitrogens with zero attached hydrogens (tertiary/aromatic N) is 3. The molecule has 0 aromatic carbocycles. The van der Waals surface area contributed by atoms with Crippen LogP contribution in [-0.4, -0.2) is 42.0 Å². The Hall–Kier alpha value is -1.90. The van der Waals surface area contributed by atoms with Gasteiger partial charge in [0, 0.05) is 51.7 Å². The summed E-state index contributed by atoms with van der Waals surface area (Å²) in [5.74, 6) is 2.70. The molecule has 1 N–H and O–H groups in total. The number of likely N-dealkylation sites (N-methyl/N-ethyl adjacent to an activating group) is 1. The van der Waals surface area contributed by atoms with Gasteiger partial charge in [0.05, 0.1) is 0 Å². The zero-order valence-corrected chi connectivity index (χ0v) is 11.8. The number of carbonyl (C=O) groups is 2. The number of terminal acetylenes is 1. The largest absolute Gasteiger partial charge is 0.352 e. The van der Waals surface area contributed by atoms with Crippen molar-refractivity contribution in [3.05, 3.63) is 0 Å². The lowest BCUT2D eigenvalue weighted by molar-refractivity contribution is -0.134. The highest BCUT2D eigenvalue weighted by Gasteiger charge is 2.39. The molecule has 2 heterocycles. The van der Waals surface area contributed by atoms with Gasteiger partial charge in [0.2, 0.25) is 11.8 Å². The van der Waals surface area contributed by atoms with E-state index in [0.717, 1.165) is 6.42 Å². The normalized spacial score (nSPS) is 23.3. The Morgan fingerprint density at radius 3 is 2.90 bits per heavy atom. The molecule has 0 bridgehead atoms. The third-order valence-electron chi connectivity index (χ3n) is 3.80. The van der Waals surface area contributed by atoms with E-state index in [9.17, 15) is 9.59 Å². The Kier molecular flexibility index (Phi) is 4.38. The van der Waals surface area contributed by atoms with Crippen LogP contribution in [0.2, 0.25) is 0 Å². The number of hydrogen-bond acceptors (Lipinski definition) is 4. The van der Waals surface area contributed by atoms with Crippen molar-refractivity contribution in [3.8, 4) is 12.3 Å². The summed E-state index contributed by atoms with van der Waals surface area (Å²) >= 11 is 0. The first-order valence-electron chi connectivity index (χ1n) is 6.95. The van der Waals surface area contributed by atoms with Crippen LogP contribution < -0.4 is 5.32 Å². The summed E-state index contributed by atoms with van der Waals surface area (Å²) in [4.78, 5) is 24.9. The summed E-state index contributed by atoms with van der Waals surface area (Å²) in [6, 6.07) is 0.0555. The van der Waals surface area contributed by atoms with Crippen molar-refractivity contribution in [2.45, 2.75) is 50.2 Å². The Morgan fingerprint density at radius 1 is 1.55 bits per heavy atom. The van der Waals surface area contributed by atoms with Crippen LogP contribution in [0.4, 0.5) is 0 Å². The number of hydrogen-bond donors (Lipinski definition) is 1. The maximum absolute atomic E-state index is 11.9. The predicted octanol–water partition coefficient (Wildman–Crippen LogP) is 1.08. The third-order valence-corrected chi connectivity index (χ3v) is 3.80. The van der Waals surface area contributed by atoms with Gasteiger partial charge in [-0.25, -0.2) is 0 Å². The molecule has 1 saturated heterocycles. The summed E-state index contributed by atoms with van der Waals surface area (Å²) in [7, 11) is 1.76. The van der Waals surface area contributed by atoms with Gasteiger partial charge in [-0.05, 0) is 6.42 Å². The maximum Gasteiger partial charge on any atom is 0.222 e. The van der Waals surface area contributed by atoms with Crippen LogP contribution in [0.5, 0.6) is 0 Å².